The molecule has 0 unspecified atom stereocenters. The topological polar surface area (TPSA) is 26.3 Å². The second-order valence-corrected chi connectivity index (χ2v) is 3.09. The highest BCUT2D eigenvalue weighted by atomic mass is 35.5. The number of rotatable bonds is 2. The molecule has 0 atom stereocenters. The van der Waals surface area contributed by atoms with E-state index in [0.29, 0.717) is 17.2 Å². The number of ether oxygens (including phenoxy) is 1. The maximum Gasteiger partial charge on any atom is 0.338 e. The Morgan fingerprint density at radius 3 is 2.77 bits per heavy atom. The minimum Gasteiger partial charge on any atom is -0.462 e. The van der Waals surface area contributed by atoms with Crippen LogP contribution in [0.15, 0.2) is 18.2 Å². The predicted molar refractivity (Wildman–Crippen MR) is 52.1 cm³/mol. The number of carbonyl (C=O) groups is 1. The highest BCUT2D eigenvalue weighted by Gasteiger charge is 2.06. The number of aryl methyl sites for hydroxylation is 1. The molecule has 13 heavy (non-hydrogen) atoms. The molecule has 0 radical (unpaired) electrons. The Morgan fingerprint density at radius 1 is 1.54 bits per heavy atom. The molecule has 1 aromatic carbocycles. The fraction of sp³-hybridized carbons (Fsp3) is 0.300. The third-order valence-corrected chi connectivity index (χ3v) is 2.09. The van der Waals surface area contributed by atoms with Crippen molar-refractivity contribution in [1.82, 2.24) is 0 Å². The maximum atomic E-state index is 11.2. The number of halogens is 1. The first-order chi connectivity index (χ1) is 6.15. The van der Waals surface area contributed by atoms with Crippen molar-refractivity contribution in [2.45, 2.75) is 13.8 Å². The SMILES string of the molecule is CCOC(=O)c1ccc(C)c(Cl)c1. The lowest BCUT2D eigenvalue weighted by Crippen LogP contribution is -2.04. The highest BCUT2D eigenvalue weighted by Crippen LogP contribution is 2.17. The molecule has 70 valence electrons. The third kappa shape index (κ3) is 2.46. The van der Waals surface area contributed by atoms with E-state index in [4.69, 9.17) is 16.3 Å². The van der Waals surface area contributed by atoms with E-state index in [1.807, 2.05) is 6.92 Å². The van der Waals surface area contributed by atoms with Gasteiger partial charge in [0.1, 0.15) is 0 Å². The molecule has 0 bridgehead atoms. The molecule has 0 amide bonds. The molecule has 0 aliphatic heterocycles. The minimum absolute atomic E-state index is 0.329. The van der Waals surface area contributed by atoms with E-state index in [1.54, 1.807) is 25.1 Å². The van der Waals surface area contributed by atoms with Gasteiger partial charge in [0.25, 0.3) is 0 Å². The molecular formula is C10H11ClO2. The number of hydrogen-bond acceptors (Lipinski definition) is 2. The molecule has 0 heterocycles. The average Bonchev–Trinajstić information content (AvgIpc) is 2.10. The minimum atomic E-state index is -0.329. The van der Waals surface area contributed by atoms with Gasteiger partial charge in [-0.1, -0.05) is 17.7 Å². The van der Waals surface area contributed by atoms with Crippen molar-refractivity contribution < 1.29 is 9.53 Å². The van der Waals surface area contributed by atoms with Crippen LogP contribution < -0.4 is 0 Å². The van der Waals surface area contributed by atoms with Gasteiger partial charge in [-0.25, -0.2) is 4.79 Å². The Balaban J connectivity index is 2.90. The molecular weight excluding hydrogens is 188 g/mol. The van der Waals surface area contributed by atoms with Crippen LogP contribution in [0.2, 0.25) is 5.02 Å². The summed E-state index contributed by atoms with van der Waals surface area (Å²) in [6.45, 7) is 4.04. The summed E-state index contributed by atoms with van der Waals surface area (Å²) in [6.07, 6.45) is 0. The number of hydrogen-bond donors (Lipinski definition) is 0. The van der Waals surface area contributed by atoms with Crippen LogP contribution in [0.5, 0.6) is 0 Å². The summed E-state index contributed by atoms with van der Waals surface area (Å²) in [6, 6.07) is 5.13. The zero-order valence-corrected chi connectivity index (χ0v) is 8.39. The van der Waals surface area contributed by atoms with Gasteiger partial charge in [0, 0.05) is 5.02 Å². The molecule has 1 aromatic rings. The Morgan fingerprint density at radius 2 is 2.23 bits per heavy atom. The smallest absolute Gasteiger partial charge is 0.338 e. The van der Waals surface area contributed by atoms with Crippen LogP contribution in [0.4, 0.5) is 0 Å². The van der Waals surface area contributed by atoms with Gasteiger partial charge in [-0.2, -0.15) is 0 Å². The number of carbonyl (C=O) groups excluding carboxylic acids is 1. The molecule has 0 N–H and O–H groups in total. The standard InChI is InChI=1S/C10H11ClO2/c1-3-13-10(12)8-5-4-7(2)9(11)6-8/h4-6H,3H2,1-2H3. The van der Waals surface area contributed by atoms with Crippen molar-refractivity contribution in [2.75, 3.05) is 6.61 Å². The first-order valence-electron chi connectivity index (χ1n) is 4.08. The van der Waals surface area contributed by atoms with Crippen LogP contribution in [-0.2, 0) is 4.74 Å². The normalized spacial score (nSPS) is 9.77. The summed E-state index contributed by atoms with van der Waals surface area (Å²) in [5.74, 6) is -0.329. The molecule has 1 rings (SSSR count). The average molecular weight is 199 g/mol. The highest BCUT2D eigenvalue weighted by molar-refractivity contribution is 6.31. The van der Waals surface area contributed by atoms with Crippen LogP contribution in [0.1, 0.15) is 22.8 Å². The quantitative estimate of drug-likeness (QED) is 0.684. The second kappa shape index (κ2) is 4.28. The molecule has 3 heteroatoms. The lowest BCUT2D eigenvalue weighted by Gasteiger charge is -2.03. The van der Waals surface area contributed by atoms with Gasteiger partial charge in [0.05, 0.1) is 12.2 Å². The Labute approximate surface area is 82.5 Å². The van der Waals surface area contributed by atoms with Gasteiger partial charge >= 0.3 is 5.97 Å². The van der Waals surface area contributed by atoms with E-state index >= 15 is 0 Å². The molecule has 0 aromatic heterocycles. The summed E-state index contributed by atoms with van der Waals surface area (Å²) < 4.78 is 4.83. The van der Waals surface area contributed by atoms with E-state index < -0.39 is 0 Å². The van der Waals surface area contributed by atoms with Crippen LogP contribution in [0.3, 0.4) is 0 Å². The summed E-state index contributed by atoms with van der Waals surface area (Å²) in [7, 11) is 0. The first-order valence-corrected chi connectivity index (χ1v) is 4.46. The zero-order valence-electron chi connectivity index (χ0n) is 7.63. The number of esters is 1. The van der Waals surface area contributed by atoms with Crippen molar-refractivity contribution >= 4 is 17.6 Å². The van der Waals surface area contributed by atoms with Crippen LogP contribution in [0.25, 0.3) is 0 Å². The van der Waals surface area contributed by atoms with Crippen molar-refractivity contribution in [3.8, 4) is 0 Å². The number of benzene rings is 1. The molecule has 0 aliphatic rings. The predicted octanol–water partition coefficient (Wildman–Crippen LogP) is 2.83. The fourth-order valence-corrected chi connectivity index (χ4v) is 1.11. The van der Waals surface area contributed by atoms with Gasteiger partial charge in [0.15, 0.2) is 0 Å². The van der Waals surface area contributed by atoms with Gasteiger partial charge in [-0.3, -0.25) is 0 Å². The Hall–Kier alpha value is -1.02. The maximum absolute atomic E-state index is 11.2. The Kier molecular flexibility index (Phi) is 3.32. The zero-order chi connectivity index (χ0) is 9.84. The van der Waals surface area contributed by atoms with Gasteiger partial charge in [-0.05, 0) is 31.5 Å². The van der Waals surface area contributed by atoms with Crippen molar-refractivity contribution in [3.63, 3.8) is 0 Å². The lowest BCUT2D eigenvalue weighted by atomic mass is 10.1. The molecule has 2 nitrogen and oxygen atoms in total. The van der Waals surface area contributed by atoms with Crippen molar-refractivity contribution in [1.29, 1.82) is 0 Å². The van der Waals surface area contributed by atoms with E-state index in [1.165, 1.54) is 0 Å². The molecule has 0 fully saturated rings. The van der Waals surface area contributed by atoms with Crippen molar-refractivity contribution in [2.24, 2.45) is 0 Å². The summed E-state index contributed by atoms with van der Waals surface area (Å²) in [4.78, 5) is 11.2. The van der Waals surface area contributed by atoms with Gasteiger partial charge in [0.2, 0.25) is 0 Å². The molecule has 0 spiro atoms. The van der Waals surface area contributed by atoms with Gasteiger partial charge < -0.3 is 4.74 Å². The van der Waals surface area contributed by atoms with Crippen molar-refractivity contribution in [3.05, 3.63) is 34.3 Å². The monoisotopic (exact) mass is 198 g/mol. The second-order valence-electron chi connectivity index (χ2n) is 2.68. The summed E-state index contributed by atoms with van der Waals surface area (Å²) in [5.41, 5.74) is 1.45. The van der Waals surface area contributed by atoms with Gasteiger partial charge in [-0.15, -0.1) is 0 Å². The lowest BCUT2D eigenvalue weighted by molar-refractivity contribution is 0.0526. The molecule has 0 saturated heterocycles. The van der Waals surface area contributed by atoms with Crippen LogP contribution in [-0.4, -0.2) is 12.6 Å². The Bertz CT molecular complexity index is 321. The first kappa shape index (κ1) is 10.1. The third-order valence-electron chi connectivity index (χ3n) is 1.68. The van der Waals surface area contributed by atoms with E-state index in [-0.39, 0.29) is 5.97 Å². The fourth-order valence-electron chi connectivity index (χ4n) is 0.934. The van der Waals surface area contributed by atoms with E-state index in [9.17, 15) is 4.79 Å². The van der Waals surface area contributed by atoms with E-state index in [2.05, 4.69) is 0 Å². The summed E-state index contributed by atoms with van der Waals surface area (Å²) in [5, 5.41) is 0.588. The summed E-state index contributed by atoms with van der Waals surface area (Å²) >= 11 is 5.85. The van der Waals surface area contributed by atoms with Crippen LogP contribution in [0, 0.1) is 6.92 Å². The molecule has 0 saturated carbocycles. The largest absolute Gasteiger partial charge is 0.462 e. The van der Waals surface area contributed by atoms with E-state index in [0.717, 1.165) is 5.56 Å². The molecule has 0 aliphatic carbocycles. The van der Waals surface area contributed by atoms with Crippen LogP contribution >= 0.6 is 11.6 Å².